The van der Waals surface area contributed by atoms with Gasteiger partial charge in [0.1, 0.15) is 5.75 Å². The molecule has 0 aliphatic heterocycles. The average molecular weight is 294 g/mol. The Bertz CT molecular complexity index is 631. The van der Waals surface area contributed by atoms with Crippen LogP contribution in [0.1, 0.15) is 21.5 Å². The monoisotopic (exact) mass is 294 g/mol. The third-order valence-electron chi connectivity index (χ3n) is 3.07. The van der Waals surface area contributed by atoms with E-state index in [1.165, 1.54) is 25.3 Å². The van der Waals surface area contributed by atoms with E-state index in [0.717, 1.165) is 5.56 Å². The van der Waals surface area contributed by atoms with Crippen molar-refractivity contribution in [3.63, 3.8) is 0 Å². The first-order chi connectivity index (χ1) is 9.91. The van der Waals surface area contributed by atoms with E-state index >= 15 is 0 Å². The standard InChI is InChI=1S/C16H13F3O2/c1-21-13-8-6-11(7-9-13)10-12-4-2-3-5-14(12)15(20)16(17,18)19/h2-9H,10H2,1H3. The summed E-state index contributed by atoms with van der Waals surface area (Å²) in [7, 11) is 1.53. The highest BCUT2D eigenvalue weighted by Gasteiger charge is 2.40. The molecule has 0 heterocycles. The summed E-state index contributed by atoms with van der Waals surface area (Å²) in [6, 6.07) is 12.7. The first-order valence-electron chi connectivity index (χ1n) is 6.24. The summed E-state index contributed by atoms with van der Waals surface area (Å²) < 4.78 is 42.8. The molecule has 0 aliphatic carbocycles. The molecule has 5 heteroatoms. The zero-order chi connectivity index (χ0) is 15.5. The van der Waals surface area contributed by atoms with Crippen LogP contribution in [-0.4, -0.2) is 19.1 Å². The molecule has 0 atom stereocenters. The Morgan fingerprint density at radius 3 is 2.24 bits per heavy atom. The van der Waals surface area contributed by atoms with Gasteiger partial charge in [-0.3, -0.25) is 4.79 Å². The summed E-state index contributed by atoms with van der Waals surface area (Å²) in [5.74, 6) is -1.15. The lowest BCUT2D eigenvalue weighted by molar-refractivity contribution is -0.0885. The summed E-state index contributed by atoms with van der Waals surface area (Å²) in [5, 5.41) is 0. The number of hydrogen-bond donors (Lipinski definition) is 0. The van der Waals surface area contributed by atoms with Gasteiger partial charge in [0.25, 0.3) is 5.78 Å². The Morgan fingerprint density at radius 2 is 1.67 bits per heavy atom. The number of Topliss-reactive ketones (excluding diaryl/α,β-unsaturated/α-hetero) is 1. The molecule has 0 bridgehead atoms. The van der Waals surface area contributed by atoms with Crippen molar-refractivity contribution in [2.75, 3.05) is 7.11 Å². The number of rotatable bonds is 4. The lowest BCUT2D eigenvalue weighted by Gasteiger charge is -2.11. The zero-order valence-electron chi connectivity index (χ0n) is 11.3. The van der Waals surface area contributed by atoms with Crippen LogP contribution in [0.5, 0.6) is 5.75 Å². The van der Waals surface area contributed by atoms with Gasteiger partial charge in [-0.05, 0) is 29.7 Å². The van der Waals surface area contributed by atoms with Crippen LogP contribution >= 0.6 is 0 Å². The fourth-order valence-electron chi connectivity index (χ4n) is 2.01. The number of carbonyl (C=O) groups excluding carboxylic acids is 1. The maximum Gasteiger partial charge on any atom is 0.454 e. The van der Waals surface area contributed by atoms with Crippen molar-refractivity contribution >= 4 is 5.78 Å². The van der Waals surface area contributed by atoms with Gasteiger partial charge in [0.2, 0.25) is 0 Å². The highest BCUT2D eigenvalue weighted by Crippen LogP contribution is 2.25. The maximum atomic E-state index is 12.6. The molecule has 2 nitrogen and oxygen atoms in total. The van der Waals surface area contributed by atoms with Gasteiger partial charge in [-0.2, -0.15) is 13.2 Å². The van der Waals surface area contributed by atoms with Crippen molar-refractivity contribution in [3.8, 4) is 5.75 Å². The van der Waals surface area contributed by atoms with Crippen molar-refractivity contribution in [2.24, 2.45) is 0 Å². The van der Waals surface area contributed by atoms with Crippen LogP contribution in [0.25, 0.3) is 0 Å². The molecule has 2 rings (SSSR count). The molecule has 0 amide bonds. The highest BCUT2D eigenvalue weighted by atomic mass is 19.4. The van der Waals surface area contributed by atoms with Crippen molar-refractivity contribution in [1.29, 1.82) is 0 Å². The van der Waals surface area contributed by atoms with Crippen LogP contribution in [0.4, 0.5) is 13.2 Å². The fourth-order valence-corrected chi connectivity index (χ4v) is 2.01. The number of alkyl halides is 3. The molecule has 0 unspecified atom stereocenters. The van der Waals surface area contributed by atoms with E-state index in [2.05, 4.69) is 0 Å². The number of ether oxygens (including phenoxy) is 1. The molecular weight excluding hydrogens is 281 g/mol. The van der Waals surface area contributed by atoms with Gasteiger partial charge in [0, 0.05) is 5.56 Å². The molecule has 0 saturated carbocycles. The number of carbonyl (C=O) groups is 1. The van der Waals surface area contributed by atoms with Gasteiger partial charge in [0.05, 0.1) is 7.11 Å². The van der Waals surface area contributed by atoms with E-state index in [1.807, 2.05) is 0 Å². The van der Waals surface area contributed by atoms with E-state index in [0.29, 0.717) is 11.3 Å². The number of methoxy groups -OCH3 is 1. The van der Waals surface area contributed by atoms with Crippen LogP contribution in [0, 0.1) is 0 Å². The molecule has 110 valence electrons. The summed E-state index contributed by atoms with van der Waals surface area (Å²) in [6.45, 7) is 0. The first-order valence-corrected chi connectivity index (χ1v) is 6.24. The number of halogens is 3. The molecule has 0 radical (unpaired) electrons. The maximum absolute atomic E-state index is 12.6. The topological polar surface area (TPSA) is 26.3 Å². The molecule has 2 aromatic rings. The van der Waals surface area contributed by atoms with E-state index in [4.69, 9.17) is 4.74 Å². The minimum absolute atomic E-state index is 0.252. The third kappa shape index (κ3) is 3.62. The van der Waals surface area contributed by atoms with E-state index < -0.39 is 12.0 Å². The lowest BCUT2D eigenvalue weighted by atomic mass is 9.97. The SMILES string of the molecule is COc1ccc(Cc2ccccc2C(=O)C(F)(F)F)cc1. The third-order valence-corrected chi connectivity index (χ3v) is 3.07. The minimum atomic E-state index is -4.87. The molecule has 0 aromatic heterocycles. The van der Waals surface area contributed by atoms with Gasteiger partial charge < -0.3 is 4.74 Å². The van der Waals surface area contributed by atoms with Crippen LogP contribution in [0.2, 0.25) is 0 Å². The van der Waals surface area contributed by atoms with Crippen molar-refractivity contribution < 1.29 is 22.7 Å². The number of hydrogen-bond acceptors (Lipinski definition) is 2. The van der Waals surface area contributed by atoms with Crippen LogP contribution in [-0.2, 0) is 6.42 Å². The Hall–Kier alpha value is -2.30. The van der Waals surface area contributed by atoms with E-state index in [9.17, 15) is 18.0 Å². The second-order valence-electron chi connectivity index (χ2n) is 4.51. The van der Waals surface area contributed by atoms with E-state index in [1.54, 1.807) is 30.3 Å². The zero-order valence-corrected chi connectivity index (χ0v) is 11.3. The van der Waals surface area contributed by atoms with Gasteiger partial charge in [-0.25, -0.2) is 0 Å². The molecular formula is C16H13F3O2. The van der Waals surface area contributed by atoms with Gasteiger partial charge in [-0.15, -0.1) is 0 Å². The quantitative estimate of drug-likeness (QED) is 0.796. The first kappa shape index (κ1) is 15.1. The molecule has 2 aromatic carbocycles. The largest absolute Gasteiger partial charge is 0.497 e. The Kier molecular flexibility index (Phi) is 4.31. The highest BCUT2D eigenvalue weighted by molar-refractivity contribution is 6.01. The fraction of sp³-hybridized carbons (Fsp3) is 0.188. The second kappa shape index (κ2) is 5.99. The van der Waals surface area contributed by atoms with Crippen molar-refractivity contribution in [1.82, 2.24) is 0 Å². The van der Waals surface area contributed by atoms with E-state index in [-0.39, 0.29) is 12.0 Å². The molecule has 0 N–H and O–H groups in total. The van der Waals surface area contributed by atoms with Gasteiger partial charge >= 0.3 is 6.18 Å². The van der Waals surface area contributed by atoms with Crippen LogP contribution in [0.15, 0.2) is 48.5 Å². The summed E-state index contributed by atoms with van der Waals surface area (Å²) in [5.41, 5.74) is 0.851. The Morgan fingerprint density at radius 1 is 1.05 bits per heavy atom. The molecule has 0 fully saturated rings. The second-order valence-corrected chi connectivity index (χ2v) is 4.51. The van der Waals surface area contributed by atoms with Gasteiger partial charge in [-0.1, -0.05) is 36.4 Å². The summed E-state index contributed by atoms with van der Waals surface area (Å²) >= 11 is 0. The average Bonchev–Trinajstić information content (AvgIpc) is 2.47. The smallest absolute Gasteiger partial charge is 0.454 e. The van der Waals surface area contributed by atoms with Crippen LogP contribution < -0.4 is 4.74 Å². The van der Waals surface area contributed by atoms with Gasteiger partial charge in [0.15, 0.2) is 0 Å². The molecule has 0 spiro atoms. The molecule has 21 heavy (non-hydrogen) atoms. The number of benzene rings is 2. The Labute approximate surface area is 120 Å². The van der Waals surface area contributed by atoms with Crippen molar-refractivity contribution in [2.45, 2.75) is 12.6 Å². The predicted molar refractivity (Wildman–Crippen MR) is 72.6 cm³/mol. The predicted octanol–water partition coefficient (Wildman–Crippen LogP) is 4.03. The van der Waals surface area contributed by atoms with Crippen molar-refractivity contribution in [3.05, 3.63) is 65.2 Å². The molecule has 0 aliphatic rings. The normalized spacial score (nSPS) is 11.2. The lowest BCUT2D eigenvalue weighted by Crippen LogP contribution is -2.24. The summed E-state index contributed by atoms with van der Waals surface area (Å²) in [6.07, 6.45) is -4.61. The summed E-state index contributed by atoms with van der Waals surface area (Å²) in [4.78, 5) is 11.4. The minimum Gasteiger partial charge on any atom is -0.497 e. The number of ketones is 1. The van der Waals surface area contributed by atoms with Crippen LogP contribution in [0.3, 0.4) is 0 Å². The molecule has 0 saturated heterocycles. The Balaban J connectivity index is 2.30.